The van der Waals surface area contributed by atoms with Crippen molar-refractivity contribution in [2.45, 2.75) is 51.2 Å². The summed E-state index contributed by atoms with van der Waals surface area (Å²) in [5.74, 6) is 0.768. The Morgan fingerprint density at radius 1 is 1.48 bits per heavy atom. The molecule has 0 aliphatic heterocycles. The Morgan fingerprint density at radius 3 is 3.05 bits per heavy atom. The zero-order chi connectivity index (χ0) is 15.1. The second kappa shape index (κ2) is 9.26. The van der Waals surface area contributed by atoms with Crippen molar-refractivity contribution in [3.63, 3.8) is 0 Å². The van der Waals surface area contributed by atoms with Gasteiger partial charge in [-0.1, -0.05) is 19.8 Å². The van der Waals surface area contributed by atoms with Crippen LogP contribution in [0.3, 0.4) is 0 Å². The minimum Gasteiger partial charge on any atom is -0.389 e. The van der Waals surface area contributed by atoms with Crippen LogP contribution in [-0.2, 0) is 11.2 Å². The molecule has 0 bridgehead atoms. The van der Waals surface area contributed by atoms with Gasteiger partial charge in [0.05, 0.1) is 22.6 Å². The Morgan fingerprint density at radius 2 is 2.33 bits per heavy atom. The zero-order valence-electron chi connectivity index (χ0n) is 12.7. The lowest BCUT2D eigenvalue weighted by atomic mass is 9.89. The third kappa shape index (κ3) is 6.78. The molecular formula is C16H26BrNO2S. The number of ether oxygens (including phenoxy) is 1. The number of nitrogens with one attached hydrogen (secondary N) is 1. The van der Waals surface area contributed by atoms with E-state index in [1.54, 1.807) is 11.3 Å². The molecule has 1 aliphatic rings. The number of hydrogen-bond acceptors (Lipinski definition) is 4. The molecule has 1 aliphatic carbocycles. The normalized spacial score (nSPS) is 24.1. The van der Waals surface area contributed by atoms with Crippen LogP contribution in [0.4, 0.5) is 0 Å². The molecule has 1 fully saturated rings. The molecule has 1 heterocycles. The van der Waals surface area contributed by atoms with Crippen LogP contribution < -0.4 is 5.32 Å². The van der Waals surface area contributed by atoms with Crippen molar-refractivity contribution in [2.75, 3.05) is 19.7 Å². The molecule has 0 amide bonds. The Kier molecular flexibility index (Phi) is 7.68. The van der Waals surface area contributed by atoms with Crippen LogP contribution in [0.1, 0.15) is 37.5 Å². The standard InChI is InChI=1S/C16H26BrNO2S/c1-12-3-2-4-14(9-12)20-11-13(19)10-18-8-7-15-5-6-16(17)21-15/h5-6,12-14,18-19H,2-4,7-11H2,1H3. The van der Waals surface area contributed by atoms with E-state index in [0.29, 0.717) is 19.3 Å². The molecule has 21 heavy (non-hydrogen) atoms. The lowest BCUT2D eigenvalue weighted by Gasteiger charge is -2.27. The molecule has 5 heteroatoms. The Labute approximate surface area is 140 Å². The monoisotopic (exact) mass is 375 g/mol. The Bertz CT molecular complexity index is 413. The average Bonchev–Trinajstić information content (AvgIpc) is 2.87. The highest BCUT2D eigenvalue weighted by molar-refractivity contribution is 9.11. The highest BCUT2D eigenvalue weighted by Crippen LogP contribution is 2.25. The molecule has 0 spiro atoms. The van der Waals surface area contributed by atoms with Crippen molar-refractivity contribution in [1.82, 2.24) is 5.32 Å². The minimum absolute atomic E-state index is 0.354. The number of aliphatic hydroxyl groups excluding tert-OH is 1. The van der Waals surface area contributed by atoms with Crippen molar-refractivity contribution in [2.24, 2.45) is 5.92 Å². The molecule has 0 radical (unpaired) electrons. The second-order valence-electron chi connectivity index (χ2n) is 6.04. The molecule has 1 saturated carbocycles. The van der Waals surface area contributed by atoms with Gasteiger partial charge in [-0.3, -0.25) is 0 Å². The van der Waals surface area contributed by atoms with Crippen LogP contribution >= 0.6 is 27.3 Å². The number of aliphatic hydroxyl groups is 1. The number of hydrogen-bond donors (Lipinski definition) is 2. The summed E-state index contributed by atoms with van der Waals surface area (Å²) in [7, 11) is 0. The van der Waals surface area contributed by atoms with E-state index in [-0.39, 0.29) is 0 Å². The van der Waals surface area contributed by atoms with Gasteiger partial charge in [0, 0.05) is 18.0 Å². The fourth-order valence-corrected chi connectivity index (χ4v) is 4.28. The van der Waals surface area contributed by atoms with Crippen LogP contribution in [0.15, 0.2) is 15.9 Å². The van der Waals surface area contributed by atoms with E-state index < -0.39 is 6.10 Å². The molecule has 3 atom stereocenters. The fourth-order valence-electron chi connectivity index (χ4n) is 2.80. The SMILES string of the molecule is CC1CCCC(OCC(O)CNCCc2ccc(Br)s2)C1. The van der Waals surface area contributed by atoms with E-state index in [0.717, 1.165) is 31.7 Å². The van der Waals surface area contributed by atoms with Crippen molar-refractivity contribution in [3.8, 4) is 0 Å². The molecule has 3 unspecified atom stereocenters. The van der Waals surface area contributed by atoms with Gasteiger partial charge in [-0.2, -0.15) is 0 Å². The molecule has 1 aromatic rings. The lowest BCUT2D eigenvalue weighted by Crippen LogP contribution is -2.33. The van der Waals surface area contributed by atoms with E-state index in [1.807, 2.05) is 0 Å². The number of halogens is 1. The van der Waals surface area contributed by atoms with Gasteiger partial charge in [0.1, 0.15) is 0 Å². The Balaban J connectivity index is 1.52. The first-order chi connectivity index (χ1) is 10.1. The van der Waals surface area contributed by atoms with Crippen LogP contribution in [-0.4, -0.2) is 37.0 Å². The summed E-state index contributed by atoms with van der Waals surface area (Å²) in [6.45, 7) is 4.24. The summed E-state index contributed by atoms with van der Waals surface area (Å²) in [4.78, 5) is 1.36. The minimum atomic E-state index is -0.405. The van der Waals surface area contributed by atoms with Crippen LogP contribution in [0, 0.1) is 5.92 Å². The molecular weight excluding hydrogens is 350 g/mol. The molecule has 3 nitrogen and oxygen atoms in total. The summed E-state index contributed by atoms with van der Waals surface area (Å²) in [6, 6.07) is 4.22. The molecule has 2 N–H and O–H groups in total. The van der Waals surface area contributed by atoms with Gasteiger partial charge < -0.3 is 15.2 Å². The molecule has 0 saturated heterocycles. The van der Waals surface area contributed by atoms with Crippen LogP contribution in [0.2, 0.25) is 0 Å². The molecule has 1 aromatic heterocycles. The molecule has 2 rings (SSSR count). The first-order valence-electron chi connectivity index (χ1n) is 7.88. The summed E-state index contributed by atoms with van der Waals surface area (Å²) < 4.78 is 7.01. The number of thiophene rings is 1. The molecule has 0 aromatic carbocycles. The van der Waals surface area contributed by atoms with Gasteiger partial charge in [0.15, 0.2) is 0 Å². The van der Waals surface area contributed by atoms with E-state index in [1.165, 1.54) is 21.5 Å². The molecule has 120 valence electrons. The van der Waals surface area contributed by atoms with Crippen molar-refractivity contribution in [3.05, 3.63) is 20.8 Å². The average molecular weight is 376 g/mol. The van der Waals surface area contributed by atoms with Gasteiger partial charge in [0.2, 0.25) is 0 Å². The number of rotatable bonds is 8. The summed E-state index contributed by atoms with van der Waals surface area (Å²) in [5, 5.41) is 13.3. The predicted molar refractivity (Wildman–Crippen MR) is 92.0 cm³/mol. The van der Waals surface area contributed by atoms with Crippen molar-refractivity contribution >= 4 is 27.3 Å². The van der Waals surface area contributed by atoms with E-state index in [9.17, 15) is 5.11 Å². The van der Waals surface area contributed by atoms with E-state index in [4.69, 9.17) is 4.74 Å². The van der Waals surface area contributed by atoms with Gasteiger partial charge in [-0.25, -0.2) is 0 Å². The topological polar surface area (TPSA) is 41.5 Å². The highest BCUT2D eigenvalue weighted by atomic mass is 79.9. The van der Waals surface area contributed by atoms with Crippen LogP contribution in [0.25, 0.3) is 0 Å². The smallest absolute Gasteiger partial charge is 0.0897 e. The second-order valence-corrected chi connectivity index (χ2v) is 8.59. The third-order valence-electron chi connectivity index (χ3n) is 3.97. The quantitative estimate of drug-likeness (QED) is 0.682. The first-order valence-corrected chi connectivity index (χ1v) is 9.49. The maximum absolute atomic E-state index is 9.95. The summed E-state index contributed by atoms with van der Waals surface area (Å²) >= 11 is 5.23. The Hall–Kier alpha value is 0.0600. The van der Waals surface area contributed by atoms with E-state index in [2.05, 4.69) is 40.3 Å². The maximum atomic E-state index is 9.95. The largest absolute Gasteiger partial charge is 0.389 e. The predicted octanol–water partition coefficient (Wildman–Crippen LogP) is 3.60. The van der Waals surface area contributed by atoms with Crippen molar-refractivity contribution in [1.29, 1.82) is 0 Å². The zero-order valence-corrected chi connectivity index (χ0v) is 15.1. The van der Waals surface area contributed by atoms with Crippen molar-refractivity contribution < 1.29 is 9.84 Å². The van der Waals surface area contributed by atoms with Gasteiger partial charge >= 0.3 is 0 Å². The fraction of sp³-hybridized carbons (Fsp3) is 0.750. The van der Waals surface area contributed by atoms with Crippen LogP contribution in [0.5, 0.6) is 0 Å². The van der Waals surface area contributed by atoms with Gasteiger partial charge in [-0.05, 0) is 53.2 Å². The first kappa shape index (κ1) is 17.4. The highest BCUT2D eigenvalue weighted by Gasteiger charge is 2.20. The van der Waals surface area contributed by atoms with Gasteiger partial charge in [-0.15, -0.1) is 11.3 Å². The van der Waals surface area contributed by atoms with Gasteiger partial charge in [0.25, 0.3) is 0 Å². The maximum Gasteiger partial charge on any atom is 0.0897 e. The summed E-state index contributed by atoms with van der Waals surface area (Å²) in [5.41, 5.74) is 0. The van der Waals surface area contributed by atoms with E-state index >= 15 is 0 Å². The summed E-state index contributed by atoms with van der Waals surface area (Å²) in [6.07, 6.45) is 5.83. The lowest BCUT2D eigenvalue weighted by molar-refractivity contribution is -0.0305. The third-order valence-corrected chi connectivity index (χ3v) is 5.65.